The number of nitrogens with zero attached hydrogens (tertiary/aromatic N) is 5. The van der Waals surface area contributed by atoms with E-state index in [2.05, 4.69) is 5.10 Å². The lowest BCUT2D eigenvalue weighted by atomic mass is 10.0. The molecule has 1 atom stereocenters. The molecule has 1 saturated carbocycles. The highest BCUT2D eigenvalue weighted by atomic mass is 19.1. The third kappa shape index (κ3) is 5.01. The second kappa shape index (κ2) is 10.2. The summed E-state index contributed by atoms with van der Waals surface area (Å²) in [5.41, 5.74) is 2.28. The van der Waals surface area contributed by atoms with Crippen LogP contribution in [0.2, 0.25) is 0 Å². The van der Waals surface area contributed by atoms with Crippen LogP contribution in [0.4, 0.5) is 4.39 Å². The molecule has 3 aliphatic rings. The monoisotopic (exact) mass is 517 g/mol. The fraction of sp³-hybridized carbons (Fsp3) is 0.448. The van der Waals surface area contributed by atoms with E-state index in [0.717, 1.165) is 68.4 Å². The summed E-state index contributed by atoms with van der Waals surface area (Å²) in [5.74, 6) is 0.720. The van der Waals surface area contributed by atoms with Crippen LogP contribution in [0.15, 0.2) is 53.3 Å². The summed E-state index contributed by atoms with van der Waals surface area (Å²) in [5, 5.41) is 4.63. The van der Waals surface area contributed by atoms with E-state index in [1.54, 1.807) is 21.6 Å². The molecule has 38 heavy (non-hydrogen) atoms. The standard InChI is InChI=1S/C29H32FN5O3/c30-25-11-9-22(10-12-25)21-3-5-23(6-4-21)27-31-35(19-26(36)32-14-1-2-15-32)29(38)34(27)18-20-13-16-33(17-20)28(37)24-7-8-24/h3-6,9-12,20,24H,1-2,7-8,13-19H2. The van der Waals surface area contributed by atoms with Crippen molar-refractivity contribution in [1.29, 1.82) is 0 Å². The number of halogens is 1. The lowest BCUT2D eigenvalue weighted by Crippen LogP contribution is -2.36. The first kappa shape index (κ1) is 24.6. The van der Waals surface area contributed by atoms with Gasteiger partial charge in [0, 0.05) is 44.2 Å². The van der Waals surface area contributed by atoms with Gasteiger partial charge < -0.3 is 9.80 Å². The molecule has 1 aromatic heterocycles. The minimum atomic E-state index is -0.304. The van der Waals surface area contributed by atoms with E-state index in [1.807, 2.05) is 29.2 Å². The lowest BCUT2D eigenvalue weighted by Gasteiger charge is -2.16. The van der Waals surface area contributed by atoms with Crippen molar-refractivity contribution in [2.45, 2.75) is 45.2 Å². The molecular weight excluding hydrogens is 485 g/mol. The van der Waals surface area contributed by atoms with Gasteiger partial charge in [0.25, 0.3) is 0 Å². The topological polar surface area (TPSA) is 80.4 Å². The second-order valence-corrected chi connectivity index (χ2v) is 10.8. The van der Waals surface area contributed by atoms with Crippen molar-refractivity contribution in [2.24, 2.45) is 11.8 Å². The molecule has 2 saturated heterocycles. The van der Waals surface area contributed by atoms with Crippen LogP contribution in [-0.2, 0) is 22.7 Å². The van der Waals surface area contributed by atoms with Crippen molar-refractivity contribution in [3.05, 3.63) is 64.8 Å². The SMILES string of the molecule is O=C(Cn1nc(-c2ccc(-c3ccc(F)cc3)cc2)n(CC2CCN(C(=O)C3CC3)C2)c1=O)N1CCCC1. The van der Waals surface area contributed by atoms with E-state index in [9.17, 15) is 18.8 Å². The third-order valence-corrected chi connectivity index (χ3v) is 7.95. The average molecular weight is 518 g/mol. The fourth-order valence-corrected chi connectivity index (χ4v) is 5.60. The van der Waals surface area contributed by atoms with Crippen LogP contribution in [0.5, 0.6) is 0 Å². The van der Waals surface area contributed by atoms with Gasteiger partial charge in [0.1, 0.15) is 12.4 Å². The van der Waals surface area contributed by atoms with Gasteiger partial charge >= 0.3 is 5.69 Å². The molecule has 9 heteroatoms. The molecule has 3 fully saturated rings. The van der Waals surface area contributed by atoms with Crippen molar-refractivity contribution in [3.8, 4) is 22.5 Å². The van der Waals surface area contributed by atoms with E-state index in [1.165, 1.54) is 16.8 Å². The molecule has 198 valence electrons. The zero-order valence-electron chi connectivity index (χ0n) is 21.4. The van der Waals surface area contributed by atoms with Gasteiger partial charge in [0.05, 0.1) is 0 Å². The van der Waals surface area contributed by atoms with Crippen LogP contribution in [0.1, 0.15) is 32.1 Å². The van der Waals surface area contributed by atoms with Crippen LogP contribution in [-0.4, -0.2) is 62.1 Å². The van der Waals surface area contributed by atoms with Crippen molar-refractivity contribution in [3.63, 3.8) is 0 Å². The Morgan fingerprint density at radius 3 is 2.13 bits per heavy atom. The second-order valence-electron chi connectivity index (χ2n) is 10.8. The molecule has 1 unspecified atom stereocenters. The molecule has 3 aromatic rings. The Kier molecular flexibility index (Phi) is 6.59. The number of carbonyl (C=O) groups excluding carboxylic acids is 2. The maximum absolute atomic E-state index is 13.5. The van der Waals surface area contributed by atoms with Gasteiger partial charge in [-0.1, -0.05) is 36.4 Å². The van der Waals surface area contributed by atoms with Crippen LogP contribution < -0.4 is 5.69 Å². The highest BCUT2D eigenvalue weighted by molar-refractivity contribution is 5.81. The predicted molar refractivity (Wildman–Crippen MR) is 141 cm³/mol. The molecule has 2 amide bonds. The van der Waals surface area contributed by atoms with E-state index in [0.29, 0.717) is 18.9 Å². The van der Waals surface area contributed by atoms with Gasteiger partial charge in [-0.15, -0.1) is 5.10 Å². The molecule has 1 aliphatic carbocycles. The Bertz CT molecular complexity index is 1390. The Balaban J connectivity index is 1.28. The van der Waals surface area contributed by atoms with Crippen molar-refractivity contribution in [2.75, 3.05) is 26.2 Å². The maximum Gasteiger partial charge on any atom is 0.346 e. The number of aromatic nitrogens is 3. The molecule has 8 nitrogen and oxygen atoms in total. The molecular formula is C29H32FN5O3. The van der Waals surface area contributed by atoms with Crippen LogP contribution in [0, 0.1) is 17.7 Å². The number of hydrogen-bond acceptors (Lipinski definition) is 4. The molecule has 6 rings (SSSR count). The lowest BCUT2D eigenvalue weighted by molar-refractivity contribution is -0.132. The number of rotatable bonds is 7. The Morgan fingerprint density at radius 1 is 0.842 bits per heavy atom. The summed E-state index contributed by atoms with van der Waals surface area (Å²) in [7, 11) is 0. The van der Waals surface area contributed by atoms with Gasteiger partial charge in [0.2, 0.25) is 11.8 Å². The van der Waals surface area contributed by atoms with Gasteiger partial charge in [-0.05, 0) is 61.3 Å². The minimum absolute atomic E-state index is 0.0799. The average Bonchev–Trinajstić information content (AvgIpc) is 3.30. The minimum Gasteiger partial charge on any atom is -0.342 e. The smallest absolute Gasteiger partial charge is 0.342 e. The van der Waals surface area contributed by atoms with E-state index < -0.39 is 0 Å². The molecule has 0 bridgehead atoms. The third-order valence-electron chi connectivity index (χ3n) is 7.95. The molecule has 0 N–H and O–H groups in total. The molecule has 2 aliphatic heterocycles. The number of likely N-dealkylation sites (tertiary alicyclic amines) is 2. The summed E-state index contributed by atoms with van der Waals surface area (Å²) in [4.78, 5) is 42.6. The summed E-state index contributed by atoms with van der Waals surface area (Å²) in [6, 6.07) is 14.0. The van der Waals surface area contributed by atoms with E-state index in [-0.39, 0.29) is 41.7 Å². The Morgan fingerprint density at radius 2 is 1.47 bits per heavy atom. The summed E-state index contributed by atoms with van der Waals surface area (Å²) in [6.07, 6.45) is 4.77. The van der Waals surface area contributed by atoms with Gasteiger partial charge in [-0.25, -0.2) is 13.9 Å². The number of amides is 2. The van der Waals surface area contributed by atoms with Crippen LogP contribution in [0.25, 0.3) is 22.5 Å². The van der Waals surface area contributed by atoms with E-state index >= 15 is 0 Å². The van der Waals surface area contributed by atoms with E-state index in [4.69, 9.17) is 0 Å². The van der Waals surface area contributed by atoms with Gasteiger partial charge in [-0.2, -0.15) is 0 Å². The van der Waals surface area contributed by atoms with Crippen LogP contribution >= 0.6 is 0 Å². The zero-order chi connectivity index (χ0) is 26.2. The van der Waals surface area contributed by atoms with Crippen LogP contribution in [0.3, 0.4) is 0 Å². The highest BCUT2D eigenvalue weighted by Crippen LogP contribution is 2.33. The quantitative estimate of drug-likeness (QED) is 0.481. The number of carbonyl (C=O) groups is 2. The van der Waals surface area contributed by atoms with Gasteiger partial charge in [-0.3, -0.25) is 14.2 Å². The highest BCUT2D eigenvalue weighted by Gasteiger charge is 2.37. The molecule has 3 heterocycles. The largest absolute Gasteiger partial charge is 0.346 e. The summed E-state index contributed by atoms with van der Waals surface area (Å²) in [6.45, 7) is 3.17. The van der Waals surface area contributed by atoms with Gasteiger partial charge in [0.15, 0.2) is 5.82 Å². The molecule has 0 spiro atoms. The normalized spacial score (nSPS) is 19.3. The Hall–Kier alpha value is -3.75. The Labute approximate surface area is 220 Å². The summed E-state index contributed by atoms with van der Waals surface area (Å²) >= 11 is 0. The molecule has 2 aromatic carbocycles. The first-order valence-electron chi connectivity index (χ1n) is 13.6. The number of benzene rings is 2. The number of hydrogen-bond donors (Lipinski definition) is 0. The maximum atomic E-state index is 13.5. The predicted octanol–water partition coefficient (Wildman–Crippen LogP) is 3.40. The molecule has 0 radical (unpaired) electrons. The zero-order valence-corrected chi connectivity index (χ0v) is 21.4. The fourth-order valence-electron chi connectivity index (χ4n) is 5.60. The first-order chi connectivity index (χ1) is 18.5. The first-order valence-corrected chi connectivity index (χ1v) is 13.6. The summed E-state index contributed by atoms with van der Waals surface area (Å²) < 4.78 is 16.3. The van der Waals surface area contributed by atoms with Crippen molar-refractivity contribution in [1.82, 2.24) is 24.1 Å². The van der Waals surface area contributed by atoms with Crippen molar-refractivity contribution < 1.29 is 14.0 Å². The van der Waals surface area contributed by atoms with Crippen molar-refractivity contribution >= 4 is 11.8 Å².